The van der Waals surface area contributed by atoms with E-state index in [0.29, 0.717) is 17.9 Å². The molecule has 0 spiro atoms. The SMILES string of the molecule is N#Cc1cc2c(nc1NCC(=O)N1CCc3ccccc31)CCCC2. The summed E-state index contributed by atoms with van der Waals surface area (Å²) < 4.78 is 0. The monoisotopic (exact) mass is 332 g/mol. The molecule has 2 aromatic rings. The summed E-state index contributed by atoms with van der Waals surface area (Å²) >= 11 is 0. The van der Waals surface area contributed by atoms with Gasteiger partial charge >= 0.3 is 0 Å². The van der Waals surface area contributed by atoms with Gasteiger partial charge in [-0.3, -0.25) is 4.79 Å². The van der Waals surface area contributed by atoms with Crippen LogP contribution in [-0.2, 0) is 24.1 Å². The molecule has 1 aliphatic carbocycles. The third-order valence-electron chi connectivity index (χ3n) is 5.02. The summed E-state index contributed by atoms with van der Waals surface area (Å²) in [5.41, 5.74) is 4.96. The topological polar surface area (TPSA) is 69.0 Å². The molecule has 5 heteroatoms. The molecule has 1 aromatic heterocycles. The highest BCUT2D eigenvalue weighted by Crippen LogP contribution is 2.28. The predicted molar refractivity (Wildman–Crippen MR) is 96.6 cm³/mol. The first-order valence-electron chi connectivity index (χ1n) is 8.81. The van der Waals surface area contributed by atoms with Crippen LogP contribution in [0, 0.1) is 11.3 Å². The van der Waals surface area contributed by atoms with E-state index in [9.17, 15) is 10.1 Å². The van der Waals surface area contributed by atoms with Crippen molar-refractivity contribution < 1.29 is 4.79 Å². The van der Waals surface area contributed by atoms with Crippen LogP contribution in [0.4, 0.5) is 11.5 Å². The van der Waals surface area contributed by atoms with Gasteiger partial charge in [0.2, 0.25) is 5.91 Å². The van der Waals surface area contributed by atoms with Gasteiger partial charge in [-0.25, -0.2) is 4.98 Å². The number of carbonyl (C=O) groups excluding carboxylic acids is 1. The Morgan fingerprint density at radius 1 is 1.20 bits per heavy atom. The summed E-state index contributed by atoms with van der Waals surface area (Å²) in [6.45, 7) is 0.859. The van der Waals surface area contributed by atoms with Crippen molar-refractivity contribution in [1.82, 2.24) is 4.98 Å². The van der Waals surface area contributed by atoms with Crippen LogP contribution in [0.5, 0.6) is 0 Å². The first-order valence-corrected chi connectivity index (χ1v) is 8.81. The quantitative estimate of drug-likeness (QED) is 0.938. The normalized spacial score (nSPS) is 15.2. The average Bonchev–Trinajstić information content (AvgIpc) is 3.09. The van der Waals surface area contributed by atoms with Crippen LogP contribution in [0.2, 0.25) is 0 Å². The molecule has 0 saturated heterocycles. The van der Waals surface area contributed by atoms with Crippen LogP contribution in [-0.4, -0.2) is 24.0 Å². The van der Waals surface area contributed by atoms with Crippen LogP contribution in [0.3, 0.4) is 0 Å². The summed E-state index contributed by atoms with van der Waals surface area (Å²) in [6, 6.07) is 12.1. The van der Waals surface area contributed by atoms with Crippen molar-refractivity contribution in [2.45, 2.75) is 32.1 Å². The largest absolute Gasteiger partial charge is 0.360 e. The van der Waals surface area contributed by atoms with E-state index in [2.05, 4.69) is 22.4 Å². The molecule has 0 radical (unpaired) electrons. The lowest BCUT2D eigenvalue weighted by atomic mass is 9.95. The van der Waals surface area contributed by atoms with Gasteiger partial charge < -0.3 is 10.2 Å². The number of pyridine rings is 1. The van der Waals surface area contributed by atoms with Gasteiger partial charge in [-0.15, -0.1) is 0 Å². The summed E-state index contributed by atoms with van der Waals surface area (Å²) in [5.74, 6) is 0.539. The number of aromatic nitrogens is 1. The lowest BCUT2D eigenvalue weighted by molar-refractivity contribution is -0.116. The van der Waals surface area contributed by atoms with Gasteiger partial charge in [-0.2, -0.15) is 5.26 Å². The number of hydrogen-bond donors (Lipinski definition) is 1. The molecule has 2 heterocycles. The Kier molecular flexibility index (Phi) is 4.10. The van der Waals surface area contributed by atoms with Crippen LogP contribution >= 0.6 is 0 Å². The van der Waals surface area contributed by atoms with Crippen molar-refractivity contribution in [3.05, 3.63) is 52.7 Å². The minimum atomic E-state index is 0.00774. The number of para-hydroxylation sites is 1. The number of benzene rings is 1. The van der Waals surface area contributed by atoms with E-state index < -0.39 is 0 Å². The van der Waals surface area contributed by atoms with Crippen molar-refractivity contribution >= 4 is 17.4 Å². The first kappa shape index (κ1) is 15.6. The zero-order chi connectivity index (χ0) is 17.2. The lowest BCUT2D eigenvalue weighted by Crippen LogP contribution is -2.34. The van der Waals surface area contributed by atoms with E-state index in [1.807, 2.05) is 29.2 Å². The molecular formula is C20H20N4O. The number of nitrogens with zero attached hydrogens (tertiary/aromatic N) is 3. The maximum absolute atomic E-state index is 12.6. The summed E-state index contributed by atoms with van der Waals surface area (Å²) in [7, 11) is 0. The Bertz CT molecular complexity index is 868. The fourth-order valence-electron chi connectivity index (χ4n) is 3.71. The highest BCUT2D eigenvalue weighted by molar-refractivity contribution is 5.98. The smallest absolute Gasteiger partial charge is 0.246 e. The van der Waals surface area contributed by atoms with Gasteiger partial charge in [0.05, 0.1) is 12.1 Å². The number of rotatable bonds is 3. The molecular weight excluding hydrogens is 312 g/mol. The maximum atomic E-state index is 12.6. The molecule has 2 aliphatic rings. The van der Waals surface area contributed by atoms with E-state index in [4.69, 9.17) is 0 Å². The molecule has 1 N–H and O–H groups in total. The zero-order valence-corrected chi connectivity index (χ0v) is 14.1. The molecule has 126 valence electrons. The summed E-state index contributed by atoms with van der Waals surface area (Å²) in [6.07, 6.45) is 5.11. The molecule has 4 rings (SSSR count). The van der Waals surface area contributed by atoms with Gasteiger partial charge in [0.25, 0.3) is 0 Å². The Morgan fingerprint density at radius 3 is 2.92 bits per heavy atom. The molecule has 0 saturated carbocycles. The highest BCUT2D eigenvalue weighted by Gasteiger charge is 2.24. The first-order chi connectivity index (χ1) is 12.3. The Morgan fingerprint density at radius 2 is 2.04 bits per heavy atom. The van der Waals surface area contributed by atoms with Crippen molar-refractivity contribution in [3.8, 4) is 6.07 Å². The molecule has 0 atom stereocenters. The minimum absolute atomic E-state index is 0.00774. The number of hydrogen-bond acceptors (Lipinski definition) is 4. The Balaban J connectivity index is 1.50. The van der Waals surface area contributed by atoms with E-state index >= 15 is 0 Å². The second kappa shape index (κ2) is 6.56. The molecule has 0 fully saturated rings. The molecule has 25 heavy (non-hydrogen) atoms. The highest BCUT2D eigenvalue weighted by atomic mass is 16.2. The molecule has 1 aromatic carbocycles. The fraction of sp³-hybridized carbons (Fsp3) is 0.350. The average molecular weight is 332 g/mol. The second-order valence-corrected chi connectivity index (χ2v) is 6.59. The standard InChI is InChI=1S/C20H20N4O/c21-12-16-11-15-6-1-3-7-17(15)23-20(16)22-13-19(25)24-10-9-14-5-2-4-8-18(14)24/h2,4-5,8,11H,1,3,6-7,9-10,13H2,(H,22,23). The van der Waals surface area contributed by atoms with Crippen molar-refractivity contribution in [2.75, 3.05) is 23.3 Å². The van der Waals surface area contributed by atoms with Crippen LogP contribution in [0.15, 0.2) is 30.3 Å². The van der Waals surface area contributed by atoms with Gasteiger partial charge in [0.1, 0.15) is 11.9 Å². The van der Waals surface area contributed by atoms with Crippen LogP contribution < -0.4 is 10.2 Å². The van der Waals surface area contributed by atoms with E-state index in [0.717, 1.165) is 43.5 Å². The Hall–Kier alpha value is -2.87. The fourth-order valence-corrected chi connectivity index (χ4v) is 3.71. The number of aryl methyl sites for hydroxylation is 2. The van der Waals surface area contributed by atoms with E-state index in [1.165, 1.54) is 11.1 Å². The number of carbonyl (C=O) groups is 1. The molecule has 1 aliphatic heterocycles. The summed E-state index contributed by atoms with van der Waals surface area (Å²) in [5, 5.41) is 12.5. The van der Waals surface area contributed by atoms with Gasteiger partial charge in [0, 0.05) is 17.9 Å². The predicted octanol–water partition coefficient (Wildman–Crippen LogP) is 2.83. The number of amides is 1. The maximum Gasteiger partial charge on any atom is 0.246 e. The van der Waals surface area contributed by atoms with E-state index in [-0.39, 0.29) is 12.5 Å². The number of fused-ring (bicyclic) bond motifs is 2. The molecule has 5 nitrogen and oxygen atoms in total. The minimum Gasteiger partial charge on any atom is -0.360 e. The van der Waals surface area contributed by atoms with Gasteiger partial charge in [-0.05, 0) is 55.4 Å². The van der Waals surface area contributed by atoms with Crippen molar-refractivity contribution in [1.29, 1.82) is 5.26 Å². The second-order valence-electron chi connectivity index (χ2n) is 6.59. The molecule has 1 amide bonds. The summed E-state index contributed by atoms with van der Waals surface area (Å²) in [4.78, 5) is 19.1. The zero-order valence-electron chi connectivity index (χ0n) is 14.1. The molecule has 0 unspecified atom stereocenters. The number of nitrogens with one attached hydrogen (secondary N) is 1. The van der Waals surface area contributed by atoms with Crippen molar-refractivity contribution in [2.24, 2.45) is 0 Å². The lowest BCUT2D eigenvalue weighted by Gasteiger charge is -2.20. The van der Waals surface area contributed by atoms with Crippen LogP contribution in [0.25, 0.3) is 0 Å². The number of anilines is 2. The van der Waals surface area contributed by atoms with Gasteiger partial charge in [0.15, 0.2) is 0 Å². The third-order valence-corrected chi connectivity index (χ3v) is 5.02. The van der Waals surface area contributed by atoms with E-state index in [1.54, 1.807) is 0 Å². The number of nitriles is 1. The van der Waals surface area contributed by atoms with Crippen molar-refractivity contribution in [3.63, 3.8) is 0 Å². The third kappa shape index (κ3) is 2.96. The van der Waals surface area contributed by atoms with Gasteiger partial charge in [-0.1, -0.05) is 18.2 Å². The van der Waals surface area contributed by atoms with Crippen LogP contribution in [0.1, 0.15) is 35.2 Å². The molecule has 0 bridgehead atoms. The Labute approximate surface area is 147 Å².